The van der Waals surface area contributed by atoms with Crippen LogP contribution in [0, 0.1) is 10.1 Å². The minimum absolute atomic E-state index is 0.0903. The molecule has 80 valence electrons. The van der Waals surface area contributed by atoms with E-state index in [1.165, 1.54) is 23.7 Å². The van der Waals surface area contributed by atoms with Crippen LogP contribution in [-0.2, 0) is 0 Å². The number of hydrogen-bond acceptors (Lipinski definition) is 5. The van der Waals surface area contributed by atoms with Crippen molar-refractivity contribution in [2.75, 3.05) is 0 Å². The molecule has 0 saturated carbocycles. The maximum Gasteiger partial charge on any atom is 0.269 e. The molecule has 5 nitrogen and oxygen atoms in total. The second kappa shape index (κ2) is 4.63. The normalized spacial score (nSPS) is 10.8. The van der Waals surface area contributed by atoms with Crippen molar-refractivity contribution in [2.24, 2.45) is 0 Å². The Hall–Kier alpha value is -2.08. The van der Waals surface area contributed by atoms with Crippen molar-refractivity contribution in [1.29, 1.82) is 0 Å². The van der Waals surface area contributed by atoms with Crippen LogP contribution in [0.4, 0.5) is 5.69 Å². The summed E-state index contributed by atoms with van der Waals surface area (Å²) < 4.78 is 3.72. The smallest absolute Gasteiger partial charge is 0.258 e. The summed E-state index contributed by atoms with van der Waals surface area (Å²) in [6.07, 6.45) is 3.64. The number of nitro groups is 1. The molecule has 0 bridgehead atoms. The van der Waals surface area contributed by atoms with E-state index in [4.69, 9.17) is 0 Å². The largest absolute Gasteiger partial charge is 0.269 e. The molecule has 6 heteroatoms. The third-order valence-corrected chi connectivity index (χ3v) is 2.45. The van der Waals surface area contributed by atoms with Gasteiger partial charge in [0, 0.05) is 17.5 Å². The van der Waals surface area contributed by atoms with E-state index < -0.39 is 4.92 Å². The average Bonchev–Trinajstić information content (AvgIpc) is 2.80. The van der Waals surface area contributed by atoms with Gasteiger partial charge in [-0.05, 0) is 35.3 Å². The van der Waals surface area contributed by atoms with Crippen LogP contribution in [-0.4, -0.2) is 14.5 Å². The van der Waals surface area contributed by atoms with Crippen molar-refractivity contribution in [1.82, 2.24) is 9.59 Å². The van der Waals surface area contributed by atoms with Gasteiger partial charge in [0.1, 0.15) is 0 Å². The Morgan fingerprint density at radius 2 is 2.00 bits per heavy atom. The molecule has 1 heterocycles. The highest BCUT2D eigenvalue weighted by Crippen LogP contribution is 2.13. The Kier molecular flexibility index (Phi) is 3.02. The molecule has 0 unspecified atom stereocenters. The molecule has 1 aromatic heterocycles. The quantitative estimate of drug-likeness (QED) is 0.603. The first-order valence-electron chi connectivity index (χ1n) is 4.45. The molecule has 2 aromatic rings. The number of aromatic nitrogens is 2. The van der Waals surface area contributed by atoms with Gasteiger partial charge in [-0.1, -0.05) is 10.6 Å². The van der Waals surface area contributed by atoms with Gasteiger partial charge in [0.05, 0.1) is 10.6 Å². The number of hydrogen-bond donors (Lipinski definition) is 0. The van der Waals surface area contributed by atoms with Crippen molar-refractivity contribution >= 4 is 29.4 Å². The highest BCUT2D eigenvalue weighted by atomic mass is 32.1. The fourth-order valence-corrected chi connectivity index (χ4v) is 1.56. The van der Waals surface area contributed by atoms with Gasteiger partial charge in [0.15, 0.2) is 0 Å². The summed E-state index contributed by atoms with van der Waals surface area (Å²) in [6.45, 7) is 0. The predicted octanol–water partition coefficient (Wildman–Crippen LogP) is 2.62. The topological polar surface area (TPSA) is 68.9 Å². The van der Waals surface area contributed by atoms with Crippen molar-refractivity contribution in [2.45, 2.75) is 0 Å². The molecular weight excluding hydrogens is 226 g/mol. The molecule has 0 amide bonds. The average molecular weight is 233 g/mol. The van der Waals surface area contributed by atoms with Gasteiger partial charge in [-0.25, -0.2) is 0 Å². The van der Waals surface area contributed by atoms with Gasteiger partial charge in [-0.3, -0.25) is 10.1 Å². The van der Waals surface area contributed by atoms with Gasteiger partial charge in [0.2, 0.25) is 0 Å². The van der Waals surface area contributed by atoms with E-state index in [0.29, 0.717) is 0 Å². The van der Waals surface area contributed by atoms with Crippen LogP contribution in [0.5, 0.6) is 0 Å². The summed E-state index contributed by atoms with van der Waals surface area (Å²) in [4.78, 5) is 10.0. The summed E-state index contributed by atoms with van der Waals surface area (Å²) in [5, 5.41) is 16.1. The van der Waals surface area contributed by atoms with Gasteiger partial charge in [-0.15, -0.1) is 5.10 Å². The van der Waals surface area contributed by atoms with Crippen LogP contribution in [0.2, 0.25) is 0 Å². The van der Waals surface area contributed by atoms with Crippen molar-refractivity contribution in [3.8, 4) is 0 Å². The summed E-state index contributed by atoms with van der Waals surface area (Å²) in [7, 11) is 0. The molecule has 0 fully saturated rings. The van der Waals surface area contributed by atoms with E-state index in [2.05, 4.69) is 9.59 Å². The molecule has 0 atom stereocenters. The molecular formula is C10H7N3O2S. The number of nitro benzene ring substituents is 1. The van der Waals surface area contributed by atoms with Crippen LogP contribution < -0.4 is 0 Å². The van der Waals surface area contributed by atoms with E-state index >= 15 is 0 Å². The maximum absolute atomic E-state index is 10.4. The van der Waals surface area contributed by atoms with Crippen molar-refractivity contribution in [3.63, 3.8) is 0 Å². The fourth-order valence-electron chi connectivity index (χ4n) is 1.13. The molecule has 0 aliphatic heterocycles. The summed E-state index contributed by atoms with van der Waals surface area (Å²) in [6, 6.07) is 6.32. The lowest BCUT2D eigenvalue weighted by molar-refractivity contribution is -0.384. The van der Waals surface area contributed by atoms with Crippen LogP contribution >= 0.6 is 11.5 Å². The van der Waals surface area contributed by atoms with Gasteiger partial charge < -0.3 is 0 Å². The van der Waals surface area contributed by atoms with E-state index in [-0.39, 0.29) is 5.69 Å². The molecule has 2 rings (SSSR count). The Labute approximate surface area is 95.4 Å². The molecule has 0 saturated heterocycles. The van der Waals surface area contributed by atoms with Gasteiger partial charge in [-0.2, -0.15) is 0 Å². The van der Waals surface area contributed by atoms with Gasteiger partial charge >= 0.3 is 0 Å². The van der Waals surface area contributed by atoms with Crippen molar-refractivity contribution < 1.29 is 4.92 Å². The standard InChI is InChI=1S/C10H7N3O2S/c14-13(15)10-5-2-8(3-6-10)1-4-9-7-16-12-11-9/h1-7H/b4-1+. The molecule has 0 aliphatic rings. The lowest BCUT2D eigenvalue weighted by atomic mass is 10.2. The second-order valence-electron chi connectivity index (χ2n) is 3.01. The first-order chi connectivity index (χ1) is 7.75. The zero-order chi connectivity index (χ0) is 11.4. The van der Waals surface area contributed by atoms with Crippen LogP contribution in [0.25, 0.3) is 12.2 Å². The zero-order valence-electron chi connectivity index (χ0n) is 8.11. The maximum atomic E-state index is 10.4. The minimum Gasteiger partial charge on any atom is -0.258 e. The Bertz CT molecular complexity index is 505. The second-order valence-corrected chi connectivity index (χ2v) is 3.62. The SMILES string of the molecule is O=[N+]([O-])c1ccc(/C=C/c2csnn2)cc1. The summed E-state index contributed by atoms with van der Waals surface area (Å²) >= 11 is 1.28. The first-order valence-corrected chi connectivity index (χ1v) is 5.29. The third kappa shape index (κ3) is 2.48. The number of nitrogens with zero attached hydrogens (tertiary/aromatic N) is 3. The van der Waals surface area contributed by atoms with Crippen LogP contribution in [0.15, 0.2) is 29.6 Å². The van der Waals surface area contributed by atoms with Crippen LogP contribution in [0.1, 0.15) is 11.3 Å². The highest BCUT2D eigenvalue weighted by molar-refractivity contribution is 7.03. The first kappa shape index (κ1) is 10.4. The Morgan fingerprint density at radius 1 is 1.25 bits per heavy atom. The number of non-ortho nitro benzene ring substituents is 1. The molecule has 16 heavy (non-hydrogen) atoms. The lowest BCUT2D eigenvalue weighted by Gasteiger charge is -1.92. The Morgan fingerprint density at radius 3 is 2.56 bits per heavy atom. The number of benzene rings is 1. The predicted molar refractivity (Wildman–Crippen MR) is 61.9 cm³/mol. The third-order valence-electron chi connectivity index (χ3n) is 1.93. The van der Waals surface area contributed by atoms with E-state index in [0.717, 1.165) is 11.3 Å². The molecule has 0 spiro atoms. The highest BCUT2D eigenvalue weighted by Gasteiger charge is 2.02. The van der Waals surface area contributed by atoms with E-state index in [1.54, 1.807) is 12.1 Å². The van der Waals surface area contributed by atoms with E-state index in [9.17, 15) is 10.1 Å². The lowest BCUT2D eigenvalue weighted by Crippen LogP contribution is -1.86. The monoisotopic (exact) mass is 233 g/mol. The molecule has 1 aromatic carbocycles. The number of rotatable bonds is 3. The summed E-state index contributed by atoms with van der Waals surface area (Å²) in [5.74, 6) is 0. The zero-order valence-corrected chi connectivity index (χ0v) is 8.92. The minimum atomic E-state index is -0.419. The Balaban J connectivity index is 2.14. The molecule has 0 aliphatic carbocycles. The van der Waals surface area contributed by atoms with E-state index in [1.807, 2.05) is 17.5 Å². The fraction of sp³-hybridized carbons (Fsp3) is 0. The molecule has 0 radical (unpaired) electrons. The summed E-state index contributed by atoms with van der Waals surface area (Å²) in [5.41, 5.74) is 1.76. The van der Waals surface area contributed by atoms with Gasteiger partial charge in [0.25, 0.3) is 5.69 Å². The molecule has 0 N–H and O–H groups in total. The van der Waals surface area contributed by atoms with Crippen LogP contribution in [0.3, 0.4) is 0 Å². The van der Waals surface area contributed by atoms with Crippen molar-refractivity contribution in [3.05, 3.63) is 51.0 Å².